The van der Waals surface area contributed by atoms with Crippen molar-refractivity contribution in [3.8, 4) is 17.2 Å². The van der Waals surface area contributed by atoms with E-state index >= 15 is 0 Å². The number of carbonyl (C=O) groups excluding carboxylic acids is 2. The maximum absolute atomic E-state index is 13.5. The van der Waals surface area contributed by atoms with Crippen molar-refractivity contribution in [3.05, 3.63) is 69.6 Å². The largest absolute Gasteiger partial charge is 0.490 e. The van der Waals surface area contributed by atoms with Crippen LogP contribution in [0.5, 0.6) is 17.2 Å². The summed E-state index contributed by atoms with van der Waals surface area (Å²) in [5.74, 6) is 0.500. The molecule has 2 aromatic carbocycles. The standard InChI is InChI=1S/C29H34N2O6S.ClH/c1-5-35-22-15-20(16-23(36-6-2)26(22)37-7-3)27(32)30-28-25(29(33)34-4)21-13-14-31(18-24(21)38-28)17-19-11-9-8-10-12-19;/h8-12,15-16H,5-7,13-14,17-18H2,1-4H3,(H,30,32);1H. The second-order valence-electron chi connectivity index (χ2n) is 8.70. The molecule has 0 fully saturated rings. The van der Waals surface area contributed by atoms with E-state index in [1.807, 2.05) is 39.0 Å². The molecule has 0 bridgehead atoms. The zero-order valence-corrected chi connectivity index (χ0v) is 24.3. The van der Waals surface area contributed by atoms with E-state index in [0.29, 0.717) is 66.2 Å². The maximum atomic E-state index is 13.5. The monoisotopic (exact) mass is 574 g/mol. The lowest BCUT2D eigenvalue weighted by atomic mass is 10.0. The number of esters is 1. The van der Waals surface area contributed by atoms with Crippen molar-refractivity contribution in [2.75, 3.05) is 38.8 Å². The molecule has 210 valence electrons. The third-order valence-corrected chi connectivity index (χ3v) is 7.31. The highest BCUT2D eigenvalue weighted by Crippen LogP contribution is 2.41. The third-order valence-electron chi connectivity index (χ3n) is 6.17. The highest BCUT2D eigenvalue weighted by atomic mass is 35.5. The number of hydrogen-bond acceptors (Lipinski definition) is 8. The fourth-order valence-corrected chi connectivity index (χ4v) is 5.81. The average Bonchev–Trinajstić information content (AvgIpc) is 3.27. The number of ether oxygens (including phenoxy) is 4. The number of anilines is 1. The summed E-state index contributed by atoms with van der Waals surface area (Å²) in [5.41, 5.74) is 2.95. The van der Waals surface area contributed by atoms with Crippen LogP contribution in [0, 0.1) is 0 Å². The number of carbonyl (C=O) groups is 2. The number of nitrogens with one attached hydrogen (secondary N) is 1. The highest BCUT2D eigenvalue weighted by Gasteiger charge is 2.30. The molecule has 0 saturated carbocycles. The van der Waals surface area contributed by atoms with E-state index in [2.05, 4.69) is 22.3 Å². The summed E-state index contributed by atoms with van der Waals surface area (Å²) < 4.78 is 22.4. The van der Waals surface area contributed by atoms with Gasteiger partial charge >= 0.3 is 5.97 Å². The minimum absolute atomic E-state index is 0. The topological polar surface area (TPSA) is 86.3 Å². The van der Waals surface area contributed by atoms with E-state index in [1.54, 1.807) is 12.1 Å². The van der Waals surface area contributed by atoms with Gasteiger partial charge in [-0.1, -0.05) is 30.3 Å². The van der Waals surface area contributed by atoms with Crippen molar-refractivity contribution in [2.24, 2.45) is 0 Å². The number of hydrogen-bond donors (Lipinski definition) is 1. The molecule has 39 heavy (non-hydrogen) atoms. The van der Waals surface area contributed by atoms with Gasteiger partial charge in [-0.15, -0.1) is 23.7 Å². The van der Waals surface area contributed by atoms with Crippen LogP contribution in [-0.2, 0) is 24.2 Å². The Morgan fingerprint density at radius 3 is 2.21 bits per heavy atom. The van der Waals surface area contributed by atoms with Crippen LogP contribution in [0.15, 0.2) is 42.5 Å². The van der Waals surface area contributed by atoms with Crippen LogP contribution in [0.2, 0.25) is 0 Å². The lowest BCUT2D eigenvalue weighted by Gasteiger charge is -2.27. The zero-order chi connectivity index (χ0) is 27.1. The van der Waals surface area contributed by atoms with E-state index in [-0.39, 0.29) is 18.3 Å². The number of nitrogens with zero attached hydrogens (tertiary/aromatic N) is 1. The fourth-order valence-electron chi connectivity index (χ4n) is 4.53. The van der Waals surface area contributed by atoms with E-state index in [0.717, 1.165) is 23.5 Å². The first-order chi connectivity index (χ1) is 18.5. The van der Waals surface area contributed by atoms with Crippen molar-refractivity contribution in [1.29, 1.82) is 0 Å². The fraction of sp³-hybridized carbons (Fsp3) is 0.379. The first kappa shape index (κ1) is 30.3. The van der Waals surface area contributed by atoms with Gasteiger partial charge in [-0.05, 0) is 50.5 Å². The van der Waals surface area contributed by atoms with E-state index in [9.17, 15) is 9.59 Å². The molecule has 1 aliphatic heterocycles. The van der Waals surface area contributed by atoms with E-state index in [1.165, 1.54) is 24.0 Å². The van der Waals surface area contributed by atoms with Gasteiger partial charge in [0.2, 0.25) is 5.75 Å². The molecule has 0 atom stereocenters. The molecule has 0 saturated heterocycles. The number of halogens is 1. The molecule has 1 aromatic heterocycles. The minimum Gasteiger partial charge on any atom is -0.490 e. The maximum Gasteiger partial charge on any atom is 0.341 e. The first-order valence-electron chi connectivity index (χ1n) is 12.9. The molecule has 4 rings (SSSR count). The average molecular weight is 575 g/mol. The Hall–Kier alpha value is -3.27. The Labute approximate surface area is 239 Å². The molecule has 0 radical (unpaired) electrons. The second kappa shape index (κ2) is 14.2. The summed E-state index contributed by atoms with van der Waals surface area (Å²) in [4.78, 5) is 29.7. The molecule has 1 N–H and O–H groups in total. The predicted molar refractivity (Wildman–Crippen MR) is 155 cm³/mol. The van der Waals surface area contributed by atoms with Crippen LogP contribution in [-0.4, -0.2) is 50.3 Å². The Morgan fingerprint density at radius 1 is 0.974 bits per heavy atom. The van der Waals surface area contributed by atoms with E-state index < -0.39 is 5.97 Å². The lowest BCUT2D eigenvalue weighted by molar-refractivity contribution is 0.0600. The van der Waals surface area contributed by atoms with Gasteiger partial charge in [0.25, 0.3) is 5.91 Å². The molecule has 8 nitrogen and oxygen atoms in total. The molecular weight excluding hydrogens is 540 g/mol. The molecule has 0 spiro atoms. The number of rotatable bonds is 11. The van der Waals surface area contributed by atoms with Gasteiger partial charge in [0.05, 0.1) is 32.5 Å². The van der Waals surface area contributed by atoms with Gasteiger partial charge in [0.1, 0.15) is 5.00 Å². The van der Waals surface area contributed by atoms with Crippen molar-refractivity contribution < 1.29 is 28.5 Å². The number of benzene rings is 2. The highest BCUT2D eigenvalue weighted by molar-refractivity contribution is 7.17. The van der Waals surface area contributed by atoms with Gasteiger partial charge in [0.15, 0.2) is 11.5 Å². The predicted octanol–water partition coefficient (Wildman–Crippen LogP) is 5.96. The molecule has 0 unspecified atom stereocenters. The number of amides is 1. The van der Waals surface area contributed by atoms with Crippen LogP contribution >= 0.6 is 23.7 Å². The first-order valence-corrected chi connectivity index (χ1v) is 13.7. The minimum atomic E-state index is -0.453. The normalized spacial score (nSPS) is 12.6. The van der Waals surface area contributed by atoms with E-state index in [4.69, 9.17) is 18.9 Å². The van der Waals surface area contributed by atoms with Crippen molar-refractivity contribution >= 4 is 40.6 Å². The summed E-state index contributed by atoms with van der Waals surface area (Å²) in [6.07, 6.45) is 0.699. The molecular formula is C29H35ClN2O6S. The zero-order valence-electron chi connectivity index (χ0n) is 22.7. The van der Waals surface area contributed by atoms with Gasteiger partial charge < -0.3 is 24.3 Å². The molecule has 1 aliphatic rings. The second-order valence-corrected chi connectivity index (χ2v) is 9.81. The number of fused-ring (bicyclic) bond motifs is 1. The summed E-state index contributed by atoms with van der Waals surface area (Å²) in [5, 5.41) is 3.45. The van der Waals surface area contributed by atoms with Crippen molar-refractivity contribution in [1.82, 2.24) is 4.90 Å². The molecule has 2 heterocycles. The van der Waals surface area contributed by atoms with Gasteiger partial charge in [-0.3, -0.25) is 9.69 Å². The third kappa shape index (κ3) is 7.03. The SMILES string of the molecule is CCOc1cc(C(=O)Nc2sc3c(c2C(=O)OC)CCN(Cc2ccccc2)C3)cc(OCC)c1OCC.Cl. The quantitative estimate of drug-likeness (QED) is 0.283. The van der Waals surface area contributed by atoms with Crippen LogP contribution in [0.1, 0.15) is 57.5 Å². The summed E-state index contributed by atoms with van der Waals surface area (Å²) >= 11 is 1.42. The Bertz CT molecular complexity index is 1250. The molecule has 0 aliphatic carbocycles. The van der Waals surface area contributed by atoms with Gasteiger partial charge in [-0.2, -0.15) is 0 Å². The lowest BCUT2D eigenvalue weighted by Crippen LogP contribution is -2.29. The van der Waals surface area contributed by atoms with Crippen LogP contribution in [0.4, 0.5) is 5.00 Å². The van der Waals surface area contributed by atoms with Crippen LogP contribution in [0.25, 0.3) is 0 Å². The molecule has 10 heteroatoms. The molecule has 3 aromatic rings. The summed E-state index contributed by atoms with van der Waals surface area (Å²) in [7, 11) is 1.36. The Morgan fingerprint density at radius 2 is 1.62 bits per heavy atom. The van der Waals surface area contributed by atoms with Crippen molar-refractivity contribution in [3.63, 3.8) is 0 Å². The Balaban J connectivity index is 0.00000420. The van der Waals surface area contributed by atoms with Crippen LogP contribution < -0.4 is 19.5 Å². The molecule has 1 amide bonds. The van der Waals surface area contributed by atoms with Crippen LogP contribution in [0.3, 0.4) is 0 Å². The van der Waals surface area contributed by atoms with Crippen molar-refractivity contribution in [2.45, 2.75) is 40.3 Å². The summed E-state index contributed by atoms with van der Waals surface area (Å²) in [6, 6.07) is 13.6. The smallest absolute Gasteiger partial charge is 0.341 e. The number of methoxy groups -OCH3 is 1. The van der Waals surface area contributed by atoms with Gasteiger partial charge in [-0.25, -0.2) is 4.79 Å². The van der Waals surface area contributed by atoms with Gasteiger partial charge in [0, 0.05) is 30.1 Å². The summed E-state index contributed by atoms with van der Waals surface area (Å²) in [6.45, 7) is 9.16. The number of thiophene rings is 1. The Kier molecular flexibility index (Phi) is 11.0.